The Balaban J connectivity index is 2.58. The smallest absolute Gasteiger partial charge is 0.407 e. The summed E-state index contributed by atoms with van der Waals surface area (Å²) >= 11 is 0. The summed E-state index contributed by atoms with van der Waals surface area (Å²) in [5.74, 6) is 0. The van der Waals surface area contributed by atoms with E-state index in [-0.39, 0.29) is 13.2 Å². The minimum absolute atomic E-state index is 0.0212. The zero-order valence-electron chi connectivity index (χ0n) is 18.4. The zero-order chi connectivity index (χ0) is 21.4. The summed E-state index contributed by atoms with van der Waals surface area (Å²) < 4.78 is 4.77. The van der Waals surface area contributed by atoms with Crippen molar-refractivity contribution >= 4 is 6.09 Å². The number of carbonyl (C=O) groups excluding carboxylic acids is 1. The van der Waals surface area contributed by atoms with Gasteiger partial charge in [-0.2, -0.15) is 0 Å². The van der Waals surface area contributed by atoms with Crippen molar-refractivity contribution in [2.75, 3.05) is 20.3 Å². The molecule has 3 N–H and O–H groups in total. The van der Waals surface area contributed by atoms with E-state index in [1.54, 1.807) is 0 Å². The van der Waals surface area contributed by atoms with Crippen molar-refractivity contribution in [1.82, 2.24) is 5.32 Å². The summed E-state index contributed by atoms with van der Waals surface area (Å²) in [6, 6.07) is 8.74. The van der Waals surface area contributed by atoms with Crippen LogP contribution in [0.25, 0.3) is 0 Å². The summed E-state index contributed by atoms with van der Waals surface area (Å²) in [6.07, 6.45) is 11.6. The van der Waals surface area contributed by atoms with Crippen LogP contribution in [0.5, 0.6) is 0 Å². The van der Waals surface area contributed by atoms with Crippen molar-refractivity contribution in [3.05, 3.63) is 35.4 Å². The first-order valence-electron chi connectivity index (χ1n) is 11.2. The first-order chi connectivity index (χ1) is 14.1. The van der Waals surface area contributed by atoms with Gasteiger partial charge in [-0.1, -0.05) is 63.3 Å². The van der Waals surface area contributed by atoms with Crippen molar-refractivity contribution < 1.29 is 19.7 Å². The fourth-order valence-corrected chi connectivity index (χ4v) is 3.83. The number of aliphatic hydroxyl groups excluding tert-OH is 2. The van der Waals surface area contributed by atoms with E-state index in [1.807, 2.05) is 0 Å². The molecule has 0 saturated carbocycles. The third-order valence-electron chi connectivity index (χ3n) is 5.69. The maximum atomic E-state index is 11.8. The van der Waals surface area contributed by atoms with Gasteiger partial charge >= 0.3 is 6.09 Å². The topological polar surface area (TPSA) is 78.8 Å². The third kappa shape index (κ3) is 10.7. The summed E-state index contributed by atoms with van der Waals surface area (Å²) in [5, 5.41) is 21.7. The van der Waals surface area contributed by atoms with Gasteiger partial charge in [-0.3, -0.25) is 0 Å². The van der Waals surface area contributed by atoms with Crippen LogP contribution in [-0.2, 0) is 17.6 Å². The number of methoxy groups -OCH3 is 1. The molecule has 0 saturated heterocycles. The van der Waals surface area contributed by atoms with Crippen LogP contribution in [0.15, 0.2) is 24.3 Å². The number of aryl methyl sites for hydroxylation is 2. The van der Waals surface area contributed by atoms with Gasteiger partial charge in [0.2, 0.25) is 0 Å². The standard InChI is InChI=1S/C24H41NO4/c1-3-4-5-6-7-8-10-21-11-13-22(14-12-21)15-17-24(18-20-27,16-9-19-26)25-23(28)29-2/h11-14,26-27H,3-10,15-20H2,1-2H3,(H,25,28). The average Bonchev–Trinajstić information content (AvgIpc) is 2.74. The van der Waals surface area contributed by atoms with Crippen LogP contribution in [0.4, 0.5) is 4.79 Å². The van der Waals surface area contributed by atoms with Crippen LogP contribution in [0.3, 0.4) is 0 Å². The molecule has 5 nitrogen and oxygen atoms in total. The van der Waals surface area contributed by atoms with Crippen molar-refractivity contribution in [3.63, 3.8) is 0 Å². The van der Waals surface area contributed by atoms with E-state index >= 15 is 0 Å². The van der Waals surface area contributed by atoms with Crippen molar-refractivity contribution in [2.24, 2.45) is 0 Å². The number of hydrogen-bond donors (Lipinski definition) is 3. The van der Waals surface area contributed by atoms with Gasteiger partial charge in [-0.15, -0.1) is 0 Å². The number of amides is 1. The van der Waals surface area contributed by atoms with Crippen molar-refractivity contribution in [1.29, 1.82) is 0 Å². The average molecular weight is 408 g/mol. The van der Waals surface area contributed by atoms with Crippen LogP contribution in [-0.4, -0.2) is 42.2 Å². The van der Waals surface area contributed by atoms with E-state index in [4.69, 9.17) is 4.74 Å². The highest BCUT2D eigenvalue weighted by Crippen LogP contribution is 2.25. The number of nitrogens with one attached hydrogen (secondary N) is 1. The third-order valence-corrected chi connectivity index (χ3v) is 5.69. The largest absolute Gasteiger partial charge is 0.453 e. The first-order valence-corrected chi connectivity index (χ1v) is 11.2. The summed E-state index contributed by atoms with van der Waals surface area (Å²) in [5.41, 5.74) is 2.02. The highest BCUT2D eigenvalue weighted by Gasteiger charge is 2.31. The fourth-order valence-electron chi connectivity index (χ4n) is 3.83. The number of hydrogen-bond acceptors (Lipinski definition) is 4. The molecular formula is C24H41NO4. The molecule has 29 heavy (non-hydrogen) atoms. The molecule has 0 radical (unpaired) electrons. The quantitative estimate of drug-likeness (QED) is 0.345. The SMILES string of the molecule is CCCCCCCCc1ccc(CCC(CCO)(CCCO)NC(=O)OC)cc1. The minimum atomic E-state index is -0.568. The Morgan fingerprint density at radius 2 is 1.48 bits per heavy atom. The Bertz CT molecular complexity index is 546. The number of benzene rings is 1. The molecule has 0 aliphatic carbocycles. The lowest BCUT2D eigenvalue weighted by Gasteiger charge is -2.34. The summed E-state index contributed by atoms with van der Waals surface area (Å²) in [6.45, 7) is 2.28. The maximum Gasteiger partial charge on any atom is 0.407 e. The highest BCUT2D eigenvalue weighted by atomic mass is 16.5. The molecule has 166 valence electrons. The van der Waals surface area contributed by atoms with Gasteiger partial charge in [0.25, 0.3) is 0 Å². The first kappa shape index (κ1) is 25.4. The molecule has 5 heteroatoms. The van der Waals surface area contributed by atoms with Gasteiger partial charge in [0.1, 0.15) is 0 Å². The van der Waals surface area contributed by atoms with E-state index in [2.05, 4.69) is 36.5 Å². The lowest BCUT2D eigenvalue weighted by molar-refractivity contribution is 0.132. The van der Waals surface area contributed by atoms with Crippen LogP contribution in [0.1, 0.15) is 82.3 Å². The fraction of sp³-hybridized carbons (Fsp3) is 0.708. The number of alkyl carbamates (subject to hydrolysis) is 1. The van der Waals surface area contributed by atoms with Gasteiger partial charge in [-0.25, -0.2) is 4.79 Å². The Morgan fingerprint density at radius 3 is 2.07 bits per heavy atom. The molecule has 1 atom stereocenters. The zero-order valence-corrected chi connectivity index (χ0v) is 18.4. The van der Waals surface area contributed by atoms with Crippen LogP contribution in [0, 0.1) is 0 Å². The van der Waals surface area contributed by atoms with Crippen molar-refractivity contribution in [2.45, 2.75) is 89.5 Å². The summed E-state index contributed by atoms with van der Waals surface area (Å²) in [4.78, 5) is 11.8. The molecule has 0 aliphatic heterocycles. The van der Waals surface area contributed by atoms with Crippen LogP contribution < -0.4 is 5.32 Å². The lowest BCUT2D eigenvalue weighted by atomic mass is 9.84. The van der Waals surface area contributed by atoms with Gasteiger partial charge < -0.3 is 20.3 Å². The molecule has 0 aliphatic rings. The van der Waals surface area contributed by atoms with E-state index in [0.717, 1.165) is 12.8 Å². The normalized spacial score (nSPS) is 13.1. The number of ether oxygens (including phenoxy) is 1. The Kier molecular flexibility index (Phi) is 13.4. The molecule has 0 heterocycles. The molecule has 1 aromatic rings. The van der Waals surface area contributed by atoms with Gasteiger partial charge in [0.15, 0.2) is 0 Å². The van der Waals surface area contributed by atoms with E-state index in [9.17, 15) is 15.0 Å². The molecule has 0 fully saturated rings. The highest BCUT2D eigenvalue weighted by molar-refractivity contribution is 5.68. The van der Waals surface area contributed by atoms with Crippen LogP contribution >= 0.6 is 0 Å². The Morgan fingerprint density at radius 1 is 0.862 bits per heavy atom. The Labute approximate surface area is 176 Å². The minimum Gasteiger partial charge on any atom is -0.453 e. The molecule has 1 rings (SSSR count). The molecule has 1 unspecified atom stereocenters. The lowest BCUT2D eigenvalue weighted by Crippen LogP contribution is -2.49. The predicted octanol–water partition coefficient (Wildman–Crippen LogP) is 4.77. The van der Waals surface area contributed by atoms with Gasteiger partial charge in [0, 0.05) is 18.8 Å². The van der Waals surface area contributed by atoms with Crippen molar-refractivity contribution in [3.8, 4) is 0 Å². The molecule has 0 spiro atoms. The predicted molar refractivity (Wildman–Crippen MR) is 118 cm³/mol. The Hall–Kier alpha value is -1.59. The summed E-state index contributed by atoms with van der Waals surface area (Å²) in [7, 11) is 1.34. The van der Waals surface area contributed by atoms with Crippen LogP contribution in [0.2, 0.25) is 0 Å². The van der Waals surface area contributed by atoms with E-state index in [0.29, 0.717) is 25.7 Å². The second-order valence-corrected chi connectivity index (χ2v) is 8.03. The monoisotopic (exact) mass is 407 g/mol. The molecular weight excluding hydrogens is 366 g/mol. The number of carbonyl (C=O) groups is 1. The van der Waals surface area contributed by atoms with Gasteiger partial charge in [0.05, 0.1) is 7.11 Å². The van der Waals surface area contributed by atoms with E-state index < -0.39 is 11.6 Å². The second kappa shape index (κ2) is 15.3. The molecule has 1 amide bonds. The number of unbranched alkanes of at least 4 members (excludes halogenated alkanes) is 5. The molecule has 0 bridgehead atoms. The second-order valence-electron chi connectivity index (χ2n) is 8.03. The van der Waals surface area contributed by atoms with Gasteiger partial charge in [-0.05, 0) is 56.1 Å². The van der Waals surface area contributed by atoms with E-state index in [1.165, 1.54) is 56.8 Å². The molecule has 0 aromatic heterocycles. The number of aliphatic hydroxyl groups is 2. The number of rotatable bonds is 16. The molecule has 1 aromatic carbocycles. The maximum absolute atomic E-state index is 11.8.